The lowest BCUT2D eigenvalue weighted by Gasteiger charge is -2.39. The first-order valence-electron chi connectivity index (χ1n) is 10.5. The lowest BCUT2D eigenvalue weighted by Crippen LogP contribution is -2.66. The number of nitriles is 1. The summed E-state index contributed by atoms with van der Waals surface area (Å²) in [4.78, 5) is 64.8. The molecule has 2 aliphatic rings. The Bertz CT molecular complexity index is 948. The molecule has 2 fully saturated rings. The van der Waals surface area contributed by atoms with E-state index in [4.69, 9.17) is 0 Å². The van der Waals surface area contributed by atoms with E-state index in [0.717, 1.165) is 23.8 Å². The molecule has 14 heteroatoms. The summed E-state index contributed by atoms with van der Waals surface area (Å²) in [6.07, 6.45) is -5.66. The normalized spacial score (nSPS) is 25.1. The second-order valence-corrected chi connectivity index (χ2v) is 9.08. The number of hydrogen-bond donors (Lipinski definition) is 3. The van der Waals surface area contributed by atoms with Gasteiger partial charge in [-0.2, -0.15) is 18.4 Å². The first kappa shape index (κ1) is 26.9. The molecular formula is C20H27F3N6O5. The summed E-state index contributed by atoms with van der Waals surface area (Å²) in [6, 6.07) is -0.0313. The second kappa shape index (κ2) is 9.11. The van der Waals surface area contributed by atoms with Gasteiger partial charge in [0.1, 0.15) is 17.1 Å². The Kier molecular flexibility index (Phi) is 7.20. The highest BCUT2D eigenvalue weighted by atomic mass is 19.4. The van der Waals surface area contributed by atoms with Crippen LogP contribution in [0, 0.1) is 23.2 Å². The Labute approximate surface area is 194 Å². The van der Waals surface area contributed by atoms with Crippen LogP contribution >= 0.6 is 0 Å². The number of hydrogen-bond acceptors (Lipinski definition) is 6. The number of likely N-dealkylation sites (tertiary alicyclic amines) is 1. The number of likely N-dealkylation sites (N-methyl/N-ethyl adjacent to an activating group) is 2. The van der Waals surface area contributed by atoms with Gasteiger partial charge in [-0.3, -0.25) is 24.5 Å². The summed E-state index contributed by atoms with van der Waals surface area (Å²) < 4.78 is 39.2. The molecule has 0 aliphatic carbocycles. The highest BCUT2D eigenvalue weighted by Crippen LogP contribution is 2.38. The molecule has 0 aromatic heterocycles. The Hall–Kier alpha value is -3.37. The number of urea groups is 1. The van der Waals surface area contributed by atoms with E-state index < -0.39 is 65.4 Å². The van der Waals surface area contributed by atoms with Crippen molar-refractivity contribution in [1.82, 2.24) is 25.8 Å². The fourth-order valence-electron chi connectivity index (χ4n) is 4.41. The van der Waals surface area contributed by atoms with Gasteiger partial charge in [-0.15, -0.1) is 0 Å². The average Bonchev–Trinajstić information content (AvgIpc) is 3.24. The third kappa shape index (κ3) is 4.51. The highest BCUT2D eigenvalue weighted by molar-refractivity contribution is 6.08. The van der Waals surface area contributed by atoms with Crippen LogP contribution in [0.1, 0.15) is 33.6 Å². The molecule has 3 N–H and O–H groups in total. The zero-order chi connectivity index (χ0) is 26.2. The van der Waals surface area contributed by atoms with Crippen LogP contribution in [0.5, 0.6) is 0 Å². The summed E-state index contributed by atoms with van der Waals surface area (Å²) in [5, 5.41) is 15.6. The number of carbonyl (C=O) groups excluding carboxylic acids is 5. The zero-order valence-electron chi connectivity index (χ0n) is 19.4. The lowest BCUT2D eigenvalue weighted by molar-refractivity contribution is -0.177. The summed E-state index contributed by atoms with van der Waals surface area (Å²) >= 11 is 0. The van der Waals surface area contributed by atoms with Gasteiger partial charge >= 0.3 is 18.1 Å². The maximum atomic E-state index is 13.7. The van der Waals surface area contributed by atoms with Crippen LogP contribution in [-0.4, -0.2) is 83.4 Å². The molecule has 1 spiro atoms. The Morgan fingerprint density at radius 2 is 1.85 bits per heavy atom. The topological polar surface area (TPSA) is 152 Å². The van der Waals surface area contributed by atoms with E-state index in [9.17, 15) is 42.4 Å². The SMILES string of the molecule is CNC(=O)C(C)(NC(=O)C(F)(F)F)[C@H](CC(C)C)C(=O)N1C[C@]2(C[C@H]1C#N)C(=O)NC(=O)N2C. The van der Waals surface area contributed by atoms with E-state index in [1.165, 1.54) is 7.05 Å². The molecule has 2 saturated heterocycles. The molecule has 2 aliphatic heterocycles. The fourth-order valence-corrected chi connectivity index (χ4v) is 4.41. The van der Waals surface area contributed by atoms with Gasteiger partial charge in [0, 0.05) is 20.5 Å². The Morgan fingerprint density at radius 1 is 1.26 bits per heavy atom. The molecule has 0 aromatic carbocycles. The van der Waals surface area contributed by atoms with Crippen LogP contribution in [0.3, 0.4) is 0 Å². The van der Waals surface area contributed by atoms with Gasteiger partial charge < -0.3 is 20.4 Å². The number of alkyl halides is 3. The van der Waals surface area contributed by atoms with Crippen molar-refractivity contribution in [2.24, 2.45) is 11.8 Å². The van der Waals surface area contributed by atoms with E-state index in [0.29, 0.717) is 0 Å². The molecule has 4 atom stereocenters. The standard InChI is InChI=1S/C20H27F3N6O5/c1-10(2)6-12(18(3,14(31)25-4)27-16(33)20(21,22)23)13(30)29-9-19(7-11(29)8-24)15(32)26-17(34)28(19)5/h10-12H,6-7,9H2,1-5H3,(H,25,31)(H,27,33)(H,26,32,34)/t11-,12+,18?,19+/m0/s1. The van der Waals surface area contributed by atoms with Crippen molar-refractivity contribution < 1.29 is 37.1 Å². The van der Waals surface area contributed by atoms with Gasteiger partial charge in [-0.25, -0.2) is 4.79 Å². The first-order chi connectivity index (χ1) is 15.5. The van der Waals surface area contributed by atoms with Crippen LogP contribution < -0.4 is 16.0 Å². The van der Waals surface area contributed by atoms with E-state index >= 15 is 0 Å². The van der Waals surface area contributed by atoms with Crippen molar-refractivity contribution in [2.45, 2.75) is 56.9 Å². The minimum atomic E-state index is -5.32. The van der Waals surface area contributed by atoms with Crippen molar-refractivity contribution in [1.29, 1.82) is 5.26 Å². The Morgan fingerprint density at radius 3 is 2.26 bits per heavy atom. The van der Waals surface area contributed by atoms with Crippen LogP contribution in [0.25, 0.3) is 0 Å². The van der Waals surface area contributed by atoms with Crippen molar-refractivity contribution in [3.63, 3.8) is 0 Å². The maximum Gasteiger partial charge on any atom is 0.471 e. The fraction of sp³-hybridized carbons (Fsp3) is 0.700. The number of rotatable bonds is 6. The molecule has 2 rings (SSSR count). The van der Waals surface area contributed by atoms with Crippen molar-refractivity contribution in [2.75, 3.05) is 20.6 Å². The van der Waals surface area contributed by atoms with Crippen molar-refractivity contribution >= 4 is 29.7 Å². The predicted octanol–water partition coefficient (Wildman–Crippen LogP) is -0.123. The quantitative estimate of drug-likeness (QED) is 0.443. The zero-order valence-corrected chi connectivity index (χ0v) is 19.4. The summed E-state index contributed by atoms with van der Waals surface area (Å²) in [5.41, 5.74) is -3.87. The van der Waals surface area contributed by atoms with Gasteiger partial charge in [0.05, 0.1) is 18.5 Å². The van der Waals surface area contributed by atoms with Crippen LogP contribution in [0.15, 0.2) is 0 Å². The number of amides is 6. The minimum absolute atomic E-state index is 0.122. The third-order valence-corrected chi connectivity index (χ3v) is 6.39. The summed E-state index contributed by atoms with van der Waals surface area (Å²) in [6.45, 7) is 3.94. The van der Waals surface area contributed by atoms with Gasteiger partial charge in [0.15, 0.2) is 0 Å². The van der Waals surface area contributed by atoms with E-state index in [1.807, 2.05) is 6.07 Å². The average molecular weight is 488 g/mol. The van der Waals surface area contributed by atoms with E-state index in [2.05, 4.69) is 10.6 Å². The number of imide groups is 1. The molecule has 11 nitrogen and oxygen atoms in total. The van der Waals surface area contributed by atoms with Crippen molar-refractivity contribution in [3.8, 4) is 6.07 Å². The number of halogens is 3. The van der Waals surface area contributed by atoms with Crippen LogP contribution in [0.4, 0.5) is 18.0 Å². The number of nitrogens with one attached hydrogen (secondary N) is 3. The monoisotopic (exact) mass is 488 g/mol. The smallest absolute Gasteiger partial charge is 0.357 e. The largest absolute Gasteiger partial charge is 0.471 e. The molecular weight excluding hydrogens is 461 g/mol. The number of carbonyl (C=O) groups is 5. The third-order valence-electron chi connectivity index (χ3n) is 6.39. The molecule has 188 valence electrons. The predicted molar refractivity (Wildman–Crippen MR) is 109 cm³/mol. The molecule has 0 aromatic rings. The molecule has 0 radical (unpaired) electrons. The summed E-state index contributed by atoms with van der Waals surface area (Å²) in [7, 11) is 2.47. The van der Waals surface area contributed by atoms with E-state index in [1.54, 1.807) is 19.2 Å². The molecule has 34 heavy (non-hydrogen) atoms. The van der Waals surface area contributed by atoms with Crippen molar-refractivity contribution in [3.05, 3.63) is 0 Å². The van der Waals surface area contributed by atoms with Gasteiger partial charge in [-0.1, -0.05) is 13.8 Å². The molecule has 1 unspecified atom stereocenters. The lowest BCUT2D eigenvalue weighted by atomic mass is 9.78. The first-order valence-corrected chi connectivity index (χ1v) is 10.5. The van der Waals surface area contributed by atoms with Crippen LogP contribution in [0.2, 0.25) is 0 Å². The summed E-state index contributed by atoms with van der Waals surface area (Å²) in [5.74, 6) is -6.89. The Balaban J connectivity index is 2.54. The molecule has 0 saturated carbocycles. The van der Waals surface area contributed by atoms with E-state index in [-0.39, 0.29) is 18.8 Å². The molecule has 6 amide bonds. The van der Waals surface area contributed by atoms with Gasteiger partial charge in [0.25, 0.3) is 5.91 Å². The minimum Gasteiger partial charge on any atom is -0.357 e. The number of nitrogens with zero attached hydrogens (tertiary/aromatic N) is 3. The molecule has 2 heterocycles. The van der Waals surface area contributed by atoms with Crippen LogP contribution in [-0.2, 0) is 19.2 Å². The van der Waals surface area contributed by atoms with Gasteiger partial charge in [-0.05, 0) is 19.3 Å². The highest BCUT2D eigenvalue weighted by Gasteiger charge is 2.61. The van der Waals surface area contributed by atoms with Gasteiger partial charge in [0.2, 0.25) is 11.8 Å². The second-order valence-electron chi connectivity index (χ2n) is 9.08. The maximum absolute atomic E-state index is 13.7. The molecule has 0 bridgehead atoms.